The standard InChI is InChI=1S/C18H22ClN5O2/c1-11-3-2-4-14(19)17(11)24-18(26)23-16-9-15(20-10-21-16)22-12-5-7-13(25)8-6-12/h2-4,9-10,12-13,25H,5-8H2,1H3,(H3,20,21,22,23,24,26)/t12-,13-. The van der Waals surface area contributed by atoms with E-state index >= 15 is 0 Å². The highest BCUT2D eigenvalue weighted by atomic mass is 35.5. The molecule has 1 saturated carbocycles. The number of amides is 2. The molecule has 3 rings (SSSR count). The van der Waals surface area contributed by atoms with Crippen molar-refractivity contribution in [2.75, 3.05) is 16.0 Å². The molecule has 1 heterocycles. The number of rotatable bonds is 4. The maximum absolute atomic E-state index is 12.2. The Morgan fingerprint density at radius 1 is 1.15 bits per heavy atom. The molecule has 7 nitrogen and oxygen atoms in total. The maximum atomic E-state index is 12.2. The molecule has 0 radical (unpaired) electrons. The number of aromatic nitrogens is 2. The van der Waals surface area contributed by atoms with E-state index in [4.69, 9.17) is 11.6 Å². The number of urea groups is 1. The zero-order valence-electron chi connectivity index (χ0n) is 14.5. The fourth-order valence-corrected chi connectivity index (χ4v) is 3.25. The van der Waals surface area contributed by atoms with Crippen LogP contribution in [0.5, 0.6) is 0 Å². The molecule has 0 unspecified atom stereocenters. The number of carbonyl (C=O) groups excluding carboxylic acids is 1. The second kappa shape index (κ2) is 8.33. The van der Waals surface area contributed by atoms with Crippen LogP contribution < -0.4 is 16.0 Å². The van der Waals surface area contributed by atoms with Gasteiger partial charge in [0.25, 0.3) is 0 Å². The van der Waals surface area contributed by atoms with Gasteiger partial charge < -0.3 is 15.7 Å². The van der Waals surface area contributed by atoms with Gasteiger partial charge in [0.1, 0.15) is 18.0 Å². The lowest BCUT2D eigenvalue weighted by molar-refractivity contribution is 0.126. The number of nitrogens with one attached hydrogen (secondary N) is 3. The van der Waals surface area contributed by atoms with Crippen LogP contribution in [0, 0.1) is 6.92 Å². The van der Waals surface area contributed by atoms with Crippen molar-refractivity contribution in [1.29, 1.82) is 0 Å². The van der Waals surface area contributed by atoms with Crippen LogP contribution in [0.2, 0.25) is 5.02 Å². The molecule has 2 amide bonds. The first-order chi connectivity index (χ1) is 12.5. The first-order valence-electron chi connectivity index (χ1n) is 8.61. The van der Waals surface area contributed by atoms with E-state index in [0.29, 0.717) is 22.3 Å². The van der Waals surface area contributed by atoms with Gasteiger partial charge in [-0.25, -0.2) is 14.8 Å². The molecule has 2 aromatic rings. The Morgan fingerprint density at radius 2 is 1.88 bits per heavy atom. The van der Waals surface area contributed by atoms with Gasteiger partial charge in [0.05, 0.1) is 16.8 Å². The number of hydrogen-bond acceptors (Lipinski definition) is 5. The Bertz CT molecular complexity index is 758. The van der Waals surface area contributed by atoms with Crippen LogP contribution in [0.15, 0.2) is 30.6 Å². The number of nitrogens with zero attached hydrogens (tertiary/aromatic N) is 2. The minimum atomic E-state index is -0.424. The number of anilines is 3. The average Bonchev–Trinajstić information content (AvgIpc) is 2.61. The smallest absolute Gasteiger partial charge is 0.324 e. The van der Waals surface area contributed by atoms with Crippen molar-refractivity contribution in [2.45, 2.75) is 44.8 Å². The minimum Gasteiger partial charge on any atom is -0.393 e. The number of hydrogen-bond donors (Lipinski definition) is 4. The zero-order chi connectivity index (χ0) is 18.5. The zero-order valence-corrected chi connectivity index (χ0v) is 15.3. The summed E-state index contributed by atoms with van der Waals surface area (Å²) in [5, 5.41) is 18.8. The van der Waals surface area contributed by atoms with E-state index in [1.54, 1.807) is 12.1 Å². The van der Waals surface area contributed by atoms with Gasteiger partial charge in [-0.3, -0.25) is 5.32 Å². The number of para-hydroxylation sites is 1. The molecule has 0 spiro atoms. The van der Waals surface area contributed by atoms with Crippen molar-refractivity contribution in [3.63, 3.8) is 0 Å². The molecular formula is C18H22ClN5O2. The van der Waals surface area contributed by atoms with E-state index < -0.39 is 6.03 Å². The van der Waals surface area contributed by atoms with Gasteiger partial charge in [0.2, 0.25) is 0 Å². The monoisotopic (exact) mass is 375 g/mol. The van der Waals surface area contributed by atoms with E-state index in [0.717, 1.165) is 31.2 Å². The van der Waals surface area contributed by atoms with Crippen LogP contribution in [0.3, 0.4) is 0 Å². The summed E-state index contributed by atoms with van der Waals surface area (Å²) in [5.74, 6) is 1.03. The Hall–Kier alpha value is -2.38. The molecule has 4 N–H and O–H groups in total. The number of aliphatic hydroxyl groups is 1. The summed E-state index contributed by atoms with van der Waals surface area (Å²) < 4.78 is 0. The van der Waals surface area contributed by atoms with Crippen molar-refractivity contribution >= 4 is 35.0 Å². The van der Waals surface area contributed by atoms with Gasteiger partial charge in [-0.1, -0.05) is 23.7 Å². The van der Waals surface area contributed by atoms with Gasteiger partial charge in [-0.15, -0.1) is 0 Å². The SMILES string of the molecule is Cc1cccc(Cl)c1NC(=O)Nc1cc(N[C@H]2CC[C@H](O)CC2)ncn1. The number of benzene rings is 1. The molecule has 1 aromatic heterocycles. The molecular weight excluding hydrogens is 354 g/mol. The summed E-state index contributed by atoms with van der Waals surface area (Å²) in [6.45, 7) is 1.87. The number of halogens is 1. The highest BCUT2D eigenvalue weighted by Crippen LogP contribution is 2.25. The van der Waals surface area contributed by atoms with Gasteiger partial charge in [-0.05, 0) is 44.2 Å². The predicted molar refractivity (Wildman–Crippen MR) is 103 cm³/mol. The molecule has 0 saturated heterocycles. The van der Waals surface area contributed by atoms with E-state index in [2.05, 4.69) is 25.9 Å². The average molecular weight is 376 g/mol. The Kier molecular flexibility index (Phi) is 5.90. The third kappa shape index (κ3) is 4.83. The van der Waals surface area contributed by atoms with Crippen molar-refractivity contribution < 1.29 is 9.90 Å². The summed E-state index contributed by atoms with van der Waals surface area (Å²) in [7, 11) is 0. The molecule has 0 atom stereocenters. The summed E-state index contributed by atoms with van der Waals surface area (Å²) in [6, 6.07) is 6.94. The lowest BCUT2D eigenvalue weighted by Gasteiger charge is -2.26. The quantitative estimate of drug-likeness (QED) is 0.651. The Balaban J connectivity index is 1.60. The lowest BCUT2D eigenvalue weighted by atomic mass is 9.93. The van der Waals surface area contributed by atoms with Crippen LogP contribution in [0.4, 0.5) is 22.1 Å². The van der Waals surface area contributed by atoms with E-state index in [9.17, 15) is 9.90 Å². The van der Waals surface area contributed by atoms with Crippen LogP contribution in [0.25, 0.3) is 0 Å². The van der Waals surface area contributed by atoms with Crippen LogP contribution in [-0.2, 0) is 0 Å². The van der Waals surface area contributed by atoms with Gasteiger partial charge >= 0.3 is 6.03 Å². The van der Waals surface area contributed by atoms with E-state index in [-0.39, 0.29) is 12.1 Å². The first kappa shape index (κ1) is 18.4. The van der Waals surface area contributed by atoms with Gasteiger partial charge in [0, 0.05) is 12.1 Å². The normalized spacial score (nSPS) is 19.7. The first-order valence-corrected chi connectivity index (χ1v) is 8.99. The van der Waals surface area contributed by atoms with Crippen LogP contribution in [-0.4, -0.2) is 33.3 Å². The molecule has 138 valence electrons. The molecule has 1 fully saturated rings. The summed E-state index contributed by atoms with van der Waals surface area (Å²) in [4.78, 5) is 20.5. The summed E-state index contributed by atoms with van der Waals surface area (Å²) in [6.07, 6.45) is 4.55. The van der Waals surface area contributed by atoms with Gasteiger partial charge in [0.15, 0.2) is 0 Å². The highest BCUT2D eigenvalue weighted by Gasteiger charge is 2.19. The molecule has 8 heteroatoms. The maximum Gasteiger partial charge on any atom is 0.324 e. The predicted octanol–water partition coefficient (Wildman–Crippen LogP) is 3.80. The highest BCUT2D eigenvalue weighted by molar-refractivity contribution is 6.34. The van der Waals surface area contributed by atoms with Gasteiger partial charge in [-0.2, -0.15) is 0 Å². The molecule has 1 aliphatic rings. The largest absolute Gasteiger partial charge is 0.393 e. The minimum absolute atomic E-state index is 0.201. The third-order valence-electron chi connectivity index (χ3n) is 4.42. The molecule has 0 bridgehead atoms. The van der Waals surface area contributed by atoms with E-state index in [1.807, 2.05) is 19.1 Å². The molecule has 1 aromatic carbocycles. The topological polar surface area (TPSA) is 99.2 Å². The lowest BCUT2D eigenvalue weighted by Crippen LogP contribution is -2.28. The Morgan fingerprint density at radius 3 is 2.62 bits per heavy atom. The second-order valence-corrected chi connectivity index (χ2v) is 6.86. The van der Waals surface area contributed by atoms with E-state index in [1.165, 1.54) is 6.33 Å². The molecule has 0 aliphatic heterocycles. The van der Waals surface area contributed by atoms with Crippen molar-refractivity contribution in [3.8, 4) is 0 Å². The van der Waals surface area contributed by atoms with Crippen molar-refractivity contribution in [1.82, 2.24) is 9.97 Å². The van der Waals surface area contributed by atoms with Crippen molar-refractivity contribution in [2.24, 2.45) is 0 Å². The summed E-state index contributed by atoms with van der Waals surface area (Å²) in [5.41, 5.74) is 1.44. The fraction of sp³-hybridized carbons (Fsp3) is 0.389. The Labute approximate surface area is 157 Å². The second-order valence-electron chi connectivity index (χ2n) is 6.45. The fourth-order valence-electron chi connectivity index (χ4n) is 2.99. The molecule has 1 aliphatic carbocycles. The number of aliphatic hydroxyl groups excluding tert-OH is 1. The molecule has 26 heavy (non-hydrogen) atoms. The van der Waals surface area contributed by atoms with Crippen LogP contribution >= 0.6 is 11.6 Å². The van der Waals surface area contributed by atoms with Crippen molar-refractivity contribution in [3.05, 3.63) is 41.2 Å². The van der Waals surface area contributed by atoms with Crippen LogP contribution in [0.1, 0.15) is 31.2 Å². The number of carbonyl (C=O) groups is 1. The third-order valence-corrected chi connectivity index (χ3v) is 4.73. The number of aryl methyl sites for hydroxylation is 1. The summed E-state index contributed by atoms with van der Waals surface area (Å²) >= 11 is 6.12.